The number of benzene rings is 1. The third-order valence-corrected chi connectivity index (χ3v) is 7.89. The number of aryl methyl sites for hydroxylation is 1. The lowest BCUT2D eigenvalue weighted by atomic mass is 9.99. The quantitative estimate of drug-likeness (QED) is 0.643. The molecule has 6 nitrogen and oxygen atoms in total. The van der Waals surface area contributed by atoms with Crippen molar-refractivity contribution in [1.29, 1.82) is 0 Å². The zero-order valence-corrected chi connectivity index (χ0v) is 17.5. The fraction of sp³-hybridized carbons (Fsp3) is 0.455. The minimum atomic E-state index is -3.46. The summed E-state index contributed by atoms with van der Waals surface area (Å²) in [6.45, 7) is 3.84. The van der Waals surface area contributed by atoms with E-state index in [1.54, 1.807) is 16.4 Å². The average Bonchev–Trinajstić information content (AvgIpc) is 3.51. The molecule has 7 heteroatoms. The monoisotopic (exact) mass is 410 g/mol. The highest BCUT2D eigenvalue weighted by Gasteiger charge is 2.33. The maximum atomic E-state index is 13.2. The number of hydrogen-bond donors (Lipinski definition) is 0. The van der Waals surface area contributed by atoms with Crippen LogP contribution in [0.25, 0.3) is 11.2 Å². The van der Waals surface area contributed by atoms with Crippen LogP contribution >= 0.6 is 0 Å². The Kier molecular flexibility index (Phi) is 4.67. The summed E-state index contributed by atoms with van der Waals surface area (Å²) in [5.41, 5.74) is 2.83. The summed E-state index contributed by atoms with van der Waals surface area (Å²) < 4.78 is 30.3. The lowest BCUT2D eigenvalue weighted by Crippen LogP contribution is -2.41. The van der Waals surface area contributed by atoms with Crippen molar-refractivity contribution in [2.24, 2.45) is 5.92 Å². The summed E-state index contributed by atoms with van der Waals surface area (Å²) in [4.78, 5) is 9.80. The number of hydrogen-bond acceptors (Lipinski definition) is 4. The van der Waals surface area contributed by atoms with Gasteiger partial charge in [0.15, 0.2) is 5.65 Å². The molecule has 1 saturated carbocycles. The van der Waals surface area contributed by atoms with Crippen molar-refractivity contribution in [2.75, 3.05) is 13.1 Å². The smallest absolute Gasteiger partial charge is 0.243 e. The Labute approximate surface area is 171 Å². The fourth-order valence-electron chi connectivity index (χ4n) is 4.39. The highest BCUT2D eigenvalue weighted by molar-refractivity contribution is 7.89. The third-order valence-electron chi connectivity index (χ3n) is 6.03. The summed E-state index contributed by atoms with van der Waals surface area (Å²) in [6.07, 6.45) is 6.08. The van der Waals surface area contributed by atoms with Crippen LogP contribution in [0.1, 0.15) is 43.0 Å². The number of piperidine rings is 1. The second-order valence-corrected chi connectivity index (χ2v) is 10.3. The van der Waals surface area contributed by atoms with Crippen LogP contribution in [0, 0.1) is 12.8 Å². The van der Waals surface area contributed by atoms with E-state index in [0.29, 0.717) is 23.9 Å². The lowest BCUT2D eigenvalue weighted by Gasteiger charge is -2.32. The molecule has 152 valence electrons. The minimum Gasteiger partial charge on any atom is -0.312 e. The number of nitrogens with zero attached hydrogens (tertiary/aromatic N) is 4. The molecule has 0 spiro atoms. The summed E-state index contributed by atoms with van der Waals surface area (Å²) in [5, 5.41) is 0. The van der Waals surface area contributed by atoms with E-state index < -0.39 is 10.0 Å². The highest BCUT2D eigenvalue weighted by Crippen LogP contribution is 2.41. The van der Waals surface area contributed by atoms with Gasteiger partial charge in [-0.15, -0.1) is 0 Å². The largest absolute Gasteiger partial charge is 0.312 e. The number of imidazole rings is 1. The zero-order valence-electron chi connectivity index (χ0n) is 16.7. The summed E-state index contributed by atoms with van der Waals surface area (Å²) in [7, 11) is -3.46. The van der Waals surface area contributed by atoms with Gasteiger partial charge in [0, 0.05) is 31.7 Å². The number of fused-ring (bicyclic) bond motifs is 1. The van der Waals surface area contributed by atoms with Gasteiger partial charge in [-0.2, -0.15) is 4.31 Å². The van der Waals surface area contributed by atoms with Crippen molar-refractivity contribution in [2.45, 2.75) is 50.0 Å². The maximum Gasteiger partial charge on any atom is 0.243 e. The highest BCUT2D eigenvalue weighted by atomic mass is 32.2. The molecule has 2 fully saturated rings. The molecule has 0 amide bonds. The van der Waals surface area contributed by atoms with Gasteiger partial charge < -0.3 is 4.57 Å². The Hall–Kier alpha value is -2.25. The van der Waals surface area contributed by atoms with Crippen LogP contribution < -0.4 is 0 Å². The molecule has 3 aromatic rings. The second kappa shape index (κ2) is 7.22. The van der Waals surface area contributed by atoms with E-state index in [1.807, 2.05) is 37.4 Å². The zero-order chi connectivity index (χ0) is 20.0. The molecule has 1 unspecified atom stereocenters. The second-order valence-electron chi connectivity index (χ2n) is 8.39. The van der Waals surface area contributed by atoms with Crippen molar-refractivity contribution < 1.29 is 8.42 Å². The minimum absolute atomic E-state index is 0.264. The molecule has 2 aromatic heterocycles. The van der Waals surface area contributed by atoms with E-state index in [1.165, 1.54) is 12.8 Å². The maximum absolute atomic E-state index is 13.2. The van der Waals surface area contributed by atoms with Crippen molar-refractivity contribution in [1.82, 2.24) is 18.8 Å². The van der Waals surface area contributed by atoms with Crippen LogP contribution in [0.2, 0.25) is 0 Å². The van der Waals surface area contributed by atoms with E-state index in [9.17, 15) is 8.42 Å². The first-order chi connectivity index (χ1) is 14.0. The number of aromatic nitrogens is 3. The van der Waals surface area contributed by atoms with Crippen molar-refractivity contribution in [3.05, 3.63) is 54.0 Å². The number of rotatable bonds is 5. The first-order valence-corrected chi connectivity index (χ1v) is 11.8. The van der Waals surface area contributed by atoms with Gasteiger partial charge in [-0.25, -0.2) is 18.4 Å². The third kappa shape index (κ3) is 3.57. The molecule has 1 aliphatic carbocycles. The van der Waals surface area contributed by atoms with E-state index in [2.05, 4.69) is 9.55 Å². The van der Waals surface area contributed by atoms with Crippen molar-refractivity contribution in [3.8, 4) is 0 Å². The fourth-order valence-corrected chi connectivity index (χ4v) is 6.05. The molecule has 1 aliphatic heterocycles. The van der Waals surface area contributed by atoms with Gasteiger partial charge in [0.25, 0.3) is 0 Å². The first-order valence-electron chi connectivity index (χ1n) is 10.4. The molecule has 0 bridgehead atoms. The predicted octanol–water partition coefficient (Wildman–Crippen LogP) is 3.72. The SMILES string of the molecule is Cc1cccc(S(=O)(=O)N2CCCC(Cn3c(C4CC4)nc4cccnc43)C2)c1. The molecular formula is C22H26N4O2S. The van der Waals surface area contributed by atoms with Crippen molar-refractivity contribution >= 4 is 21.2 Å². The van der Waals surface area contributed by atoms with Crippen LogP contribution in [0.4, 0.5) is 0 Å². The predicted molar refractivity (Wildman–Crippen MR) is 112 cm³/mol. The molecule has 29 heavy (non-hydrogen) atoms. The Balaban J connectivity index is 1.41. The summed E-state index contributed by atoms with van der Waals surface area (Å²) in [6, 6.07) is 11.1. The molecule has 5 rings (SSSR count). The number of pyridine rings is 1. The van der Waals surface area contributed by atoms with Crippen LogP contribution in [0.15, 0.2) is 47.5 Å². The van der Waals surface area contributed by atoms with E-state index >= 15 is 0 Å². The molecular weight excluding hydrogens is 384 g/mol. The van der Waals surface area contributed by atoms with Crippen LogP contribution in [-0.4, -0.2) is 40.3 Å². The van der Waals surface area contributed by atoms with Gasteiger partial charge in [-0.1, -0.05) is 12.1 Å². The van der Waals surface area contributed by atoms with Crippen LogP contribution in [0.5, 0.6) is 0 Å². The average molecular weight is 411 g/mol. The van der Waals surface area contributed by atoms with Gasteiger partial charge in [0.2, 0.25) is 10.0 Å². The standard InChI is InChI=1S/C22H26N4O2S/c1-16-5-2-7-19(13-16)29(27,28)25-12-4-6-17(14-25)15-26-21(18-9-10-18)24-20-8-3-11-23-22(20)26/h2-3,5,7-8,11,13,17-18H,4,6,9-10,12,14-15H2,1H3. The topological polar surface area (TPSA) is 68.1 Å². The Bertz CT molecular complexity index is 1150. The van der Waals surface area contributed by atoms with Gasteiger partial charge in [-0.05, 0) is 68.4 Å². The lowest BCUT2D eigenvalue weighted by molar-refractivity contribution is 0.245. The van der Waals surface area contributed by atoms with E-state index in [-0.39, 0.29) is 5.92 Å². The van der Waals surface area contributed by atoms with Crippen molar-refractivity contribution in [3.63, 3.8) is 0 Å². The molecule has 1 atom stereocenters. The first kappa shape index (κ1) is 18.8. The summed E-state index contributed by atoms with van der Waals surface area (Å²) in [5.74, 6) is 1.91. The van der Waals surface area contributed by atoms with Gasteiger partial charge >= 0.3 is 0 Å². The Morgan fingerprint density at radius 3 is 2.79 bits per heavy atom. The number of sulfonamides is 1. The van der Waals surface area contributed by atoms with E-state index in [4.69, 9.17) is 4.98 Å². The van der Waals surface area contributed by atoms with Crippen LogP contribution in [0.3, 0.4) is 0 Å². The Morgan fingerprint density at radius 2 is 2.00 bits per heavy atom. The molecule has 1 saturated heterocycles. The molecule has 0 N–H and O–H groups in total. The van der Waals surface area contributed by atoms with Gasteiger partial charge in [-0.3, -0.25) is 0 Å². The van der Waals surface area contributed by atoms with Gasteiger partial charge in [0.05, 0.1) is 4.90 Å². The molecule has 2 aliphatic rings. The molecule has 0 radical (unpaired) electrons. The molecule has 1 aromatic carbocycles. The van der Waals surface area contributed by atoms with Crippen LogP contribution in [-0.2, 0) is 16.6 Å². The molecule has 3 heterocycles. The summed E-state index contributed by atoms with van der Waals surface area (Å²) >= 11 is 0. The Morgan fingerprint density at radius 1 is 1.14 bits per heavy atom. The van der Waals surface area contributed by atoms with E-state index in [0.717, 1.165) is 41.9 Å². The van der Waals surface area contributed by atoms with Gasteiger partial charge in [0.1, 0.15) is 11.3 Å². The normalized spacial score (nSPS) is 20.9.